The number of ether oxygens (including phenoxy) is 1. The van der Waals surface area contributed by atoms with Crippen LogP contribution in [0.15, 0.2) is 24.3 Å². The van der Waals surface area contributed by atoms with Crippen LogP contribution >= 0.6 is 0 Å². The Morgan fingerprint density at radius 1 is 1.17 bits per heavy atom. The Bertz CT molecular complexity index is 791. The summed E-state index contributed by atoms with van der Waals surface area (Å²) in [5, 5.41) is 30.4. The third kappa shape index (κ3) is 2.56. The van der Waals surface area contributed by atoms with Crippen molar-refractivity contribution in [1.82, 2.24) is 0 Å². The summed E-state index contributed by atoms with van der Waals surface area (Å²) in [5.74, 6) is 0.483. The van der Waals surface area contributed by atoms with Crippen LogP contribution in [-0.4, -0.2) is 15.3 Å². The fourth-order valence-electron chi connectivity index (χ4n) is 3.54. The molecule has 1 aliphatic rings. The van der Waals surface area contributed by atoms with Crippen LogP contribution in [0.4, 0.5) is 0 Å². The van der Waals surface area contributed by atoms with E-state index in [1.807, 2.05) is 52.0 Å². The van der Waals surface area contributed by atoms with Crippen LogP contribution in [-0.2, 0) is 12.0 Å². The van der Waals surface area contributed by atoms with E-state index < -0.39 is 11.9 Å². The van der Waals surface area contributed by atoms with Gasteiger partial charge in [-0.1, -0.05) is 37.1 Å². The number of aryl methyl sites for hydroxylation is 2. The molecule has 0 unspecified atom stereocenters. The molecule has 2 aromatic carbocycles. The molecule has 0 aromatic heterocycles. The Morgan fingerprint density at radius 2 is 1.88 bits per heavy atom. The monoisotopic (exact) mass is 328 g/mol. The average molecular weight is 328 g/mol. The van der Waals surface area contributed by atoms with Gasteiger partial charge in [-0.05, 0) is 44.4 Å². The minimum atomic E-state index is -1.72. The van der Waals surface area contributed by atoms with Gasteiger partial charge in [0, 0.05) is 5.56 Å². The first kappa shape index (κ1) is 16.8. The van der Waals surface area contributed by atoms with Gasteiger partial charge in [0.15, 0.2) is 6.29 Å². The quantitative estimate of drug-likeness (QED) is 0.747. The molecule has 0 aliphatic carbocycles. The van der Waals surface area contributed by atoms with Gasteiger partial charge in [-0.2, -0.15) is 0 Å². The van der Waals surface area contributed by atoms with E-state index in [-0.39, 0.29) is 11.3 Å². The number of hydrogen-bond donors (Lipinski definition) is 3. The molecule has 128 valence electrons. The number of hydrogen-bond acceptors (Lipinski definition) is 4. The number of aliphatic hydroxyl groups is 2. The molecule has 4 heteroatoms. The number of phenols is 1. The van der Waals surface area contributed by atoms with Crippen molar-refractivity contribution in [1.29, 1.82) is 0 Å². The van der Waals surface area contributed by atoms with Crippen LogP contribution in [0.1, 0.15) is 55.7 Å². The van der Waals surface area contributed by atoms with Crippen molar-refractivity contribution >= 4 is 0 Å². The van der Waals surface area contributed by atoms with E-state index in [2.05, 4.69) is 0 Å². The van der Waals surface area contributed by atoms with Crippen LogP contribution in [0.2, 0.25) is 0 Å². The minimum absolute atomic E-state index is 0.103. The highest BCUT2D eigenvalue weighted by molar-refractivity contribution is 5.84. The number of aromatic hydroxyl groups is 1. The third-order valence-electron chi connectivity index (χ3n) is 4.63. The molecule has 0 atom stereocenters. The smallest absolute Gasteiger partial charge is 0.182 e. The number of benzene rings is 2. The first-order chi connectivity index (χ1) is 11.3. The Kier molecular flexibility index (Phi) is 4.06. The Balaban J connectivity index is 2.35. The summed E-state index contributed by atoms with van der Waals surface area (Å²) in [4.78, 5) is 0. The lowest BCUT2D eigenvalue weighted by Gasteiger charge is -2.36. The molecule has 4 nitrogen and oxygen atoms in total. The molecule has 2 aromatic rings. The summed E-state index contributed by atoms with van der Waals surface area (Å²) in [6.45, 7) is 7.99. The zero-order valence-electron chi connectivity index (χ0n) is 14.6. The van der Waals surface area contributed by atoms with Crippen molar-refractivity contribution in [3.8, 4) is 22.6 Å². The van der Waals surface area contributed by atoms with E-state index in [1.165, 1.54) is 0 Å². The van der Waals surface area contributed by atoms with E-state index in [4.69, 9.17) is 4.74 Å². The van der Waals surface area contributed by atoms with Gasteiger partial charge in [0.2, 0.25) is 0 Å². The number of aliphatic hydroxyl groups excluding tert-OH is 1. The molecule has 0 saturated carbocycles. The predicted molar refractivity (Wildman–Crippen MR) is 93.1 cm³/mol. The van der Waals surface area contributed by atoms with Crippen LogP contribution in [0.5, 0.6) is 11.5 Å². The highest BCUT2D eigenvalue weighted by Crippen LogP contribution is 2.52. The zero-order chi connectivity index (χ0) is 17.6. The minimum Gasteiger partial charge on any atom is -0.507 e. The van der Waals surface area contributed by atoms with Crippen molar-refractivity contribution in [3.05, 3.63) is 46.5 Å². The van der Waals surface area contributed by atoms with E-state index in [9.17, 15) is 15.3 Å². The molecular formula is C20H24O4. The Hall–Kier alpha value is -2.04. The predicted octanol–water partition coefficient (Wildman–Crippen LogP) is 3.93. The molecule has 3 rings (SSSR count). The average Bonchev–Trinajstić information content (AvgIpc) is 2.45. The second-order valence-electron chi connectivity index (χ2n) is 6.96. The topological polar surface area (TPSA) is 69.9 Å². The lowest BCUT2D eigenvalue weighted by molar-refractivity contribution is -0.0445. The maximum atomic E-state index is 10.8. The summed E-state index contributed by atoms with van der Waals surface area (Å²) >= 11 is 0. The maximum Gasteiger partial charge on any atom is 0.182 e. The second kappa shape index (κ2) is 5.80. The first-order valence-corrected chi connectivity index (χ1v) is 8.31. The number of rotatable bonds is 3. The molecule has 1 heterocycles. The molecule has 0 amide bonds. The van der Waals surface area contributed by atoms with Crippen molar-refractivity contribution in [2.75, 3.05) is 0 Å². The fraction of sp³-hybridized carbons (Fsp3) is 0.400. The number of fused-ring (bicyclic) bond motifs is 3. The van der Waals surface area contributed by atoms with Crippen molar-refractivity contribution in [2.24, 2.45) is 0 Å². The van der Waals surface area contributed by atoms with Gasteiger partial charge >= 0.3 is 0 Å². The zero-order valence-corrected chi connectivity index (χ0v) is 14.6. The highest BCUT2D eigenvalue weighted by atomic mass is 16.5. The molecular weight excluding hydrogens is 304 g/mol. The molecule has 0 fully saturated rings. The lowest BCUT2D eigenvalue weighted by atomic mass is 9.83. The largest absolute Gasteiger partial charge is 0.507 e. The van der Waals surface area contributed by atoms with Gasteiger partial charge in [-0.15, -0.1) is 0 Å². The lowest BCUT2D eigenvalue weighted by Crippen LogP contribution is -2.29. The summed E-state index contributed by atoms with van der Waals surface area (Å²) < 4.78 is 6.16. The van der Waals surface area contributed by atoms with Crippen LogP contribution in [0.3, 0.4) is 0 Å². The second-order valence-corrected chi connectivity index (χ2v) is 6.96. The van der Waals surface area contributed by atoms with Crippen LogP contribution in [0, 0.1) is 6.92 Å². The van der Waals surface area contributed by atoms with Gasteiger partial charge < -0.3 is 20.1 Å². The third-order valence-corrected chi connectivity index (χ3v) is 4.63. The molecule has 0 bridgehead atoms. The SMILES string of the molecule is CCCc1cc2c(c(O)c1C(O)O)-c1cc(C)ccc1C(C)(C)O2. The molecule has 0 radical (unpaired) electrons. The van der Waals surface area contributed by atoms with Crippen molar-refractivity contribution in [2.45, 2.75) is 52.4 Å². The summed E-state index contributed by atoms with van der Waals surface area (Å²) in [6.07, 6.45) is -0.255. The van der Waals surface area contributed by atoms with Gasteiger partial charge in [-0.3, -0.25) is 0 Å². The maximum absolute atomic E-state index is 10.8. The van der Waals surface area contributed by atoms with Gasteiger partial charge in [0.05, 0.1) is 11.1 Å². The van der Waals surface area contributed by atoms with E-state index in [1.54, 1.807) is 0 Å². The van der Waals surface area contributed by atoms with Gasteiger partial charge in [0.25, 0.3) is 0 Å². The van der Waals surface area contributed by atoms with Gasteiger partial charge in [-0.25, -0.2) is 0 Å². The van der Waals surface area contributed by atoms with Gasteiger partial charge in [0.1, 0.15) is 17.1 Å². The molecule has 24 heavy (non-hydrogen) atoms. The summed E-state index contributed by atoms with van der Waals surface area (Å²) in [6, 6.07) is 7.85. The van der Waals surface area contributed by atoms with Crippen LogP contribution in [0.25, 0.3) is 11.1 Å². The number of phenolic OH excluding ortho intramolecular Hbond substituents is 1. The fourth-order valence-corrected chi connectivity index (χ4v) is 3.54. The Morgan fingerprint density at radius 3 is 2.50 bits per heavy atom. The Labute approximate surface area is 142 Å². The molecule has 0 spiro atoms. The van der Waals surface area contributed by atoms with Crippen molar-refractivity contribution < 1.29 is 20.1 Å². The summed E-state index contributed by atoms with van der Waals surface area (Å²) in [5.41, 5.74) is 3.81. The van der Waals surface area contributed by atoms with E-state index in [0.29, 0.717) is 23.3 Å². The van der Waals surface area contributed by atoms with E-state index in [0.717, 1.165) is 23.1 Å². The molecule has 1 aliphatic heterocycles. The van der Waals surface area contributed by atoms with Crippen LogP contribution < -0.4 is 4.74 Å². The van der Waals surface area contributed by atoms with Crippen molar-refractivity contribution in [3.63, 3.8) is 0 Å². The standard InChI is InChI=1S/C20H24O4/c1-5-6-12-10-15-17(18(21)16(12)19(22)23)13-9-11(2)7-8-14(13)20(3,4)24-15/h7-10,19,21-23H,5-6H2,1-4H3. The molecule has 0 saturated heterocycles. The van der Waals surface area contributed by atoms with E-state index >= 15 is 0 Å². The first-order valence-electron chi connectivity index (χ1n) is 8.31. The molecule has 3 N–H and O–H groups in total. The highest BCUT2D eigenvalue weighted by Gasteiger charge is 2.36. The normalized spacial score (nSPS) is 15.0. The summed E-state index contributed by atoms with van der Waals surface area (Å²) in [7, 11) is 0.